The normalized spacial score (nSPS) is 13.0. The van der Waals surface area contributed by atoms with Crippen LogP contribution in [0.4, 0.5) is 0 Å². The van der Waals surface area contributed by atoms with Crippen molar-refractivity contribution in [2.45, 2.75) is 19.9 Å². The summed E-state index contributed by atoms with van der Waals surface area (Å²) in [5.74, 6) is 1.08. The average molecular weight is 253 g/mol. The summed E-state index contributed by atoms with van der Waals surface area (Å²) in [6.45, 7) is 3.99. The number of halogens is 1. The van der Waals surface area contributed by atoms with Crippen LogP contribution in [-0.4, -0.2) is 15.1 Å². The first-order chi connectivity index (χ1) is 8.08. The van der Waals surface area contributed by atoms with Crippen molar-refractivity contribution in [1.82, 2.24) is 15.1 Å². The summed E-state index contributed by atoms with van der Waals surface area (Å²) < 4.78 is 5.11. The van der Waals surface area contributed by atoms with Gasteiger partial charge >= 0.3 is 0 Å². The van der Waals surface area contributed by atoms with Crippen LogP contribution in [0.25, 0.3) is 11.5 Å². The van der Waals surface area contributed by atoms with Gasteiger partial charge in [-0.2, -0.15) is 4.98 Å². The molecule has 0 aromatic carbocycles. The van der Waals surface area contributed by atoms with Crippen LogP contribution in [0.3, 0.4) is 0 Å². The number of pyridine rings is 1. The average Bonchev–Trinajstić information content (AvgIpc) is 2.78. The van der Waals surface area contributed by atoms with Crippen LogP contribution in [-0.2, 0) is 0 Å². The van der Waals surface area contributed by atoms with Crippen molar-refractivity contribution in [2.24, 2.45) is 11.7 Å². The Hall–Kier alpha value is -1.46. The summed E-state index contributed by atoms with van der Waals surface area (Å²) in [5.41, 5.74) is 6.53. The van der Waals surface area contributed by atoms with Gasteiger partial charge in [0.15, 0.2) is 0 Å². The van der Waals surface area contributed by atoms with Gasteiger partial charge < -0.3 is 10.3 Å². The molecule has 1 atom stereocenters. The van der Waals surface area contributed by atoms with Crippen LogP contribution in [0.2, 0.25) is 5.02 Å². The molecule has 0 saturated carbocycles. The Morgan fingerprint density at radius 3 is 2.71 bits per heavy atom. The van der Waals surface area contributed by atoms with Crippen molar-refractivity contribution in [3.63, 3.8) is 0 Å². The molecule has 0 spiro atoms. The molecule has 2 heterocycles. The highest BCUT2D eigenvalue weighted by molar-refractivity contribution is 6.30. The Morgan fingerprint density at radius 1 is 1.35 bits per heavy atom. The maximum atomic E-state index is 5.92. The Kier molecular flexibility index (Phi) is 3.40. The third-order valence-electron chi connectivity index (χ3n) is 2.40. The molecule has 5 nitrogen and oxygen atoms in total. The Morgan fingerprint density at radius 2 is 2.12 bits per heavy atom. The lowest BCUT2D eigenvalue weighted by Gasteiger charge is -2.09. The molecule has 0 fully saturated rings. The van der Waals surface area contributed by atoms with E-state index in [1.165, 1.54) is 6.20 Å². The Bertz CT molecular complexity index is 494. The minimum atomic E-state index is -0.261. The van der Waals surface area contributed by atoms with Crippen molar-refractivity contribution < 1.29 is 4.52 Å². The Labute approximate surface area is 104 Å². The van der Waals surface area contributed by atoms with E-state index in [9.17, 15) is 0 Å². The second kappa shape index (κ2) is 4.81. The lowest BCUT2D eigenvalue weighted by molar-refractivity contribution is 0.325. The van der Waals surface area contributed by atoms with Crippen molar-refractivity contribution in [2.75, 3.05) is 0 Å². The highest BCUT2D eigenvalue weighted by Crippen LogP contribution is 2.20. The molecule has 0 radical (unpaired) electrons. The van der Waals surface area contributed by atoms with Crippen LogP contribution >= 0.6 is 11.6 Å². The van der Waals surface area contributed by atoms with E-state index in [0.29, 0.717) is 22.4 Å². The van der Waals surface area contributed by atoms with Gasteiger partial charge in [-0.05, 0) is 18.1 Å². The molecular weight excluding hydrogens is 240 g/mol. The summed E-state index contributed by atoms with van der Waals surface area (Å²) in [6, 6.07) is 3.20. The quantitative estimate of drug-likeness (QED) is 0.908. The molecule has 0 unspecified atom stereocenters. The molecule has 0 aliphatic heterocycles. The summed E-state index contributed by atoms with van der Waals surface area (Å²) in [5, 5.41) is 4.41. The van der Waals surface area contributed by atoms with E-state index in [4.69, 9.17) is 21.9 Å². The first-order valence-corrected chi connectivity index (χ1v) is 5.67. The molecule has 0 amide bonds. The van der Waals surface area contributed by atoms with Crippen LogP contribution in [0.5, 0.6) is 0 Å². The van der Waals surface area contributed by atoms with E-state index in [0.717, 1.165) is 0 Å². The molecule has 90 valence electrons. The van der Waals surface area contributed by atoms with Gasteiger partial charge in [-0.25, -0.2) is 0 Å². The van der Waals surface area contributed by atoms with Gasteiger partial charge in [0.25, 0.3) is 0 Å². The van der Waals surface area contributed by atoms with Gasteiger partial charge in [0.2, 0.25) is 11.7 Å². The molecule has 2 rings (SSSR count). The van der Waals surface area contributed by atoms with Gasteiger partial charge in [0.1, 0.15) is 5.69 Å². The van der Waals surface area contributed by atoms with Crippen LogP contribution < -0.4 is 5.73 Å². The van der Waals surface area contributed by atoms with Crippen molar-refractivity contribution >= 4 is 11.6 Å². The van der Waals surface area contributed by atoms with Gasteiger partial charge in [-0.15, -0.1) is 0 Å². The SMILES string of the molecule is CC(C)[C@H](N)c1nc(-c2ccc(Cl)cn2)no1. The molecule has 17 heavy (non-hydrogen) atoms. The van der Waals surface area contributed by atoms with Gasteiger partial charge in [0.05, 0.1) is 11.1 Å². The maximum absolute atomic E-state index is 5.92. The smallest absolute Gasteiger partial charge is 0.244 e. The fourth-order valence-electron chi connectivity index (χ4n) is 1.27. The van der Waals surface area contributed by atoms with Gasteiger partial charge in [-0.3, -0.25) is 4.98 Å². The molecule has 0 aliphatic rings. The number of rotatable bonds is 3. The van der Waals surface area contributed by atoms with E-state index in [2.05, 4.69) is 15.1 Å². The highest BCUT2D eigenvalue weighted by Gasteiger charge is 2.18. The van der Waals surface area contributed by atoms with Crippen molar-refractivity contribution in [1.29, 1.82) is 0 Å². The number of hydrogen-bond acceptors (Lipinski definition) is 5. The van der Waals surface area contributed by atoms with Gasteiger partial charge in [0, 0.05) is 6.20 Å². The van der Waals surface area contributed by atoms with Gasteiger partial charge in [-0.1, -0.05) is 30.6 Å². The van der Waals surface area contributed by atoms with E-state index in [1.807, 2.05) is 13.8 Å². The second-order valence-corrected chi connectivity index (χ2v) is 4.52. The molecule has 0 aliphatic carbocycles. The minimum absolute atomic E-state index is 0.237. The van der Waals surface area contributed by atoms with Crippen LogP contribution in [0.1, 0.15) is 25.8 Å². The fraction of sp³-hybridized carbons (Fsp3) is 0.364. The summed E-state index contributed by atoms with van der Waals surface area (Å²) in [4.78, 5) is 8.33. The van der Waals surface area contributed by atoms with E-state index < -0.39 is 0 Å². The predicted molar refractivity (Wildman–Crippen MR) is 64.3 cm³/mol. The fourth-order valence-corrected chi connectivity index (χ4v) is 1.38. The Balaban J connectivity index is 2.26. The molecule has 0 bridgehead atoms. The largest absolute Gasteiger partial charge is 0.337 e. The van der Waals surface area contributed by atoms with Crippen LogP contribution in [0.15, 0.2) is 22.9 Å². The topological polar surface area (TPSA) is 77.8 Å². The molecule has 2 N–H and O–H groups in total. The first kappa shape index (κ1) is 12.0. The first-order valence-electron chi connectivity index (χ1n) is 5.29. The summed E-state index contributed by atoms with van der Waals surface area (Å²) in [7, 11) is 0. The molecular formula is C11H13ClN4O. The standard InChI is InChI=1S/C11H13ClN4O/c1-6(2)9(13)11-15-10(16-17-11)8-4-3-7(12)5-14-8/h3-6,9H,13H2,1-2H3/t9-/m0/s1. The maximum Gasteiger partial charge on any atom is 0.244 e. The molecule has 2 aromatic rings. The predicted octanol–water partition coefficient (Wildman–Crippen LogP) is 2.44. The number of hydrogen-bond donors (Lipinski definition) is 1. The zero-order valence-electron chi connectivity index (χ0n) is 9.59. The highest BCUT2D eigenvalue weighted by atomic mass is 35.5. The summed E-state index contributed by atoms with van der Waals surface area (Å²) >= 11 is 5.75. The van der Waals surface area contributed by atoms with E-state index in [1.54, 1.807) is 12.1 Å². The summed E-state index contributed by atoms with van der Waals surface area (Å²) in [6.07, 6.45) is 1.54. The minimum Gasteiger partial charge on any atom is -0.337 e. The monoisotopic (exact) mass is 252 g/mol. The number of nitrogens with zero attached hydrogens (tertiary/aromatic N) is 3. The second-order valence-electron chi connectivity index (χ2n) is 4.09. The molecule has 6 heteroatoms. The van der Waals surface area contributed by atoms with Crippen LogP contribution in [0, 0.1) is 5.92 Å². The number of aromatic nitrogens is 3. The lowest BCUT2D eigenvalue weighted by Crippen LogP contribution is -2.16. The molecule has 2 aromatic heterocycles. The zero-order valence-corrected chi connectivity index (χ0v) is 10.3. The van der Waals surface area contributed by atoms with Crippen molar-refractivity contribution in [3.05, 3.63) is 29.2 Å². The van der Waals surface area contributed by atoms with E-state index in [-0.39, 0.29) is 12.0 Å². The number of nitrogens with two attached hydrogens (primary N) is 1. The van der Waals surface area contributed by atoms with Crippen molar-refractivity contribution in [3.8, 4) is 11.5 Å². The lowest BCUT2D eigenvalue weighted by atomic mass is 10.1. The third kappa shape index (κ3) is 2.62. The zero-order chi connectivity index (χ0) is 12.4. The third-order valence-corrected chi connectivity index (χ3v) is 2.63. The molecule has 0 saturated heterocycles. The van der Waals surface area contributed by atoms with E-state index >= 15 is 0 Å².